The standard InChI is InChI=1S/C17H16BrNO2/c1-2-5-13-8-10-14(11-9-13)21-12-17(20)19-16-7-4-3-6-15(16)18/h2-4,6-11H,1,5,12H2,(H,19,20). The molecule has 0 atom stereocenters. The molecule has 0 heterocycles. The molecular weight excluding hydrogens is 330 g/mol. The van der Waals surface area contributed by atoms with Crippen molar-refractivity contribution in [2.45, 2.75) is 6.42 Å². The number of hydrogen-bond acceptors (Lipinski definition) is 2. The summed E-state index contributed by atoms with van der Waals surface area (Å²) in [5, 5.41) is 2.79. The third-order valence-electron chi connectivity index (χ3n) is 2.82. The Balaban J connectivity index is 1.86. The molecule has 108 valence electrons. The van der Waals surface area contributed by atoms with Crippen LogP contribution in [0.25, 0.3) is 0 Å². The van der Waals surface area contributed by atoms with Crippen LogP contribution in [0.4, 0.5) is 5.69 Å². The van der Waals surface area contributed by atoms with Crippen LogP contribution >= 0.6 is 15.9 Å². The molecule has 2 rings (SSSR count). The van der Waals surface area contributed by atoms with Crippen LogP contribution in [0.15, 0.2) is 65.7 Å². The first-order chi connectivity index (χ1) is 10.2. The molecule has 1 amide bonds. The maximum absolute atomic E-state index is 11.8. The zero-order chi connectivity index (χ0) is 15.1. The molecule has 3 nitrogen and oxygen atoms in total. The maximum atomic E-state index is 11.8. The summed E-state index contributed by atoms with van der Waals surface area (Å²) in [6.07, 6.45) is 2.67. The van der Waals surface area contributed by atoms with Gasteiger partial charge in [0.25, 0.3) is 5.91 Å². The van der Waals surface area contributed by atoms with Gasteiger partial charge in [0.05, 0.1) is 5.69 Å². The molecule has 2 aromatic rings. The van der Waals surface area contributed by atoms with E-state index in [9.17, 15) is 4.79 Å². The second-order valence-electron chi connectivity index (χ2n) is 4.45. The van der Waals surface area contributed by atoms with Crippen molar-refractivity contribution >= 4 is 27.5 Å². The van der Waals surface area contributed by atoms with Crippen molar-refractivity contribution in [2.75, 3.05) is 11.9 Å². The topological polar surface area (TPSA) is 38.3 Å². The molecule has 0 fully saturated rings. The molecular formula is C17H16BrNO2. The number of rotatable bonds is 6. The summed E-state index contributed by atoms with van der Waals surface area (Å²) in [4.78, 5) is 11.8. The van der Waals surface area contributed by atoms with Crippen molar-refractivity contribution in [3.05, 3.63) is 71.2 Å². The van der Waals surface area contributed by atoms with Gasteiger partial charge in [-0.05, 0) is 52.2 Å². The predicted octanol–water partition coefficient (Wildman–Crippen LogP) is 4.20. The summed E-state index contributed by atoms with van der Waals surface area (Å²) < 4.78 is 6.30. The Morgan fingerprint density at radius 2 is 1.90 bits per heavy atom. The van der Waals surface area contributed by atoms with Crippen LogP contribution in [0.2, 0.25) is 0 Å². The number of anilines is 1. The first kappa shape index (κ1) is 15.3. The van der Waals surface area contributed by atoms with E-state index in [1.165, 1.54) is 0 Å². The highest BCUT2D eigenvalue weighted by atomic mass is 79.9. The molecule has 1 N–H and O–H groups in total. The highest BCUT2D eigenvalue weighted by Gasteiger charge is 2.06. The summed E-state index contributed by atoms with van der Waals surface area (Å²) in [5.74, 6) is 0.474. The predicted molar refractivity (Wildman–Crippen MR) is 88.6 cm³/mol. The van der Waals surface area contributed by atoms with Gasteiger partial charge in [-0.1, -0.05) is 30.3 Å². The van der Waals surface area contributed by atoms with Crippen LogP contribution in [0.1, 0.15) is 5.56 Å². The van der Waals surface area contributed by atoms with Crippen LogP contribution in [-0.2, 0) is 11.2 Å². The lowest BCUT2D eigenvalue weighted by molar-refractivity contribution is -0.118. The molecule has 0 aliphatic carbocycles. The van der Waals surface area contributed by atoms with Crippen LogP contribution in [0.3, 0.4) is 0 Å². The molecule has 21 heavy (non-hydrogen) atoms. The van der Waals surface area contributed by atoms with E-state index in [1.807, 2.05) is 54.6 Å². The molecule has 4 heteroatoms. The molecule has 0 aromatic heterocycles. The maximum Gasteiger partial charge on any atom is 0.262 e. The minimum Gasteiger partial charge on any atom is -0.484 e. The molecule has 0 unspecified atom stereocenters. The van der Waals surface area contributed by atoms with E-state index in [-0.39, 0.29) is 12.5 Å². The average molecular weight is 346 g/mol. The van der Waals surface area contributed by atoms with Gasteiger partial charge in [0.15, 0.2) is 6.61 Å². The summed E-state index contributed by atoms with van der Waals surface area (Å²) in [6.45, 7) is 3.67. The summed E-state index contributed by atoms with van der Waals surface area (Å²) in [7, 11) is 0. The second kappa shape index (κ2) is 7.64. The van der Waals surface area contributed by atoms with Gasteiger partial charge in [-0.15, -0.1) is 6.58 Å². The van der Waals surface area contributed by atoms with Gasteiger partial charge in [0.1, 0.15) is 5.75 Å². The Morgan fingerprint density at radius 1 is 1.19 bits per heavy atom. The Morgan fingerprint density at radius 3 is 2.57 bits per heavy atom. The molecule has 0 spiro atoms. The Labute approximate surface area is 132 Å². The number of hydrogen-bond donors (Lipinski definition) is 1. The molecule has 2 aromatic carbocycles. The zero-order valence-corrected chi connectivity index (χ0v) is 13.1. The monoisotopic (exact) mass is 345 g/mol. The van der Waals surface area contributed by atoms with E-state index in [0.717, 1.165) is 22.1 Å². The smallest absolute Gasteiger partial charge is 0.262 e. The van der Waals surface area contributed by atoms with Gasteiger partial charge >= 0.3 is 0 Å². The minimum atomic E-state index is -0.197. The van der Waals surface area contributed by atoms with Crippen molar-refractivity contribution < 1.29 is 9.53 Å². The lowest BCUT2D eigenvalue weighted by Crippen LogP contribution is -2.20. The van der Waals surface area contributed by atoms with Gasteiger partial charge in [0.2, 0.25) is 0 Å². The quantitative estimate of drug-likeness (QED) is 0.797. The van der Waals surface area contributed by atoms with Crippen LogP contribution in [0, 0.1) is 0 Å². The SMILES string of the molecule is C=CCc1ccc(OCC(=O)Nc2ccccc2Br)cc1. The third-order valence-corrected chi connectivity index (χ3v) is 3.51. The van der Waals surface area contributed by atoms with Crippen molar-refractivity contribution in [2.24, 2.45) is 0 Å². The van der Waals surface area contributed by atoms with E-state index >= 15 is 0 Å². The molecule has 0 saturated heterocycles. The third kappa shape index (κ3) is 4.76. The van der Waals surface area contributed by atoms with E-state index in [4.69, 9.17) is 4.74 Å². The van der Waals surface area contributed by atoms with E-state index in [1.54, 1.807) is 0 Å². The lowest BCUT2D eigenvalue weighted by atomic mass is 10.1. The van der Waals surface area contributed by atoms with Gasteiger partial charge in [0, 0.05) is 4.47 Å². The Hall–Kier alpha value is -2.07. The van der Waals surface area contributed by atoms with E-state index in [2.05, 4.69) is 27.8 Å². The van der Waals surface area contributed by atoms with Crippen molar-refractivity contribution in [1.82, 2.24) is 0 Å². The Kier molecular flexibility index (Phi) is 5.58. The van der Waals surface area contributed by atoms with Crippen LogP contribution in [-0.4, -0.2) is 12.5 Å². The second-order valence-corrected chi connectivity index (χ2v) is 5.31. The van der Waals surface area contributed by atoms with Crippen LogP contribution < -0.4 is 10.1 Å². The first-order valence-corrected chi connectivity index (χ1v) is 7.35. The highest BCUT2D eigenvalue weighted by molar-refractivity contribution is 9.10. The largest absolute Gasteiger partial charge is 0.484 e. The van der Waals surface area contributed by atoms with Crippen LogP contribution in [0.5, 0.6) is 5.75 Å². The number of ether oxygens (including phenoxy) is 1. The fraction of sp³-hybridized carbons (Fsp3) is 0.118. The Bertz CT molecular complexity index is 623. The summed E-state index contributed by atoms with van der Waals surface area (Å²) in [6, 6.07) is 15.1. The first-order valence-electron chi connectivity index (χ1n) is 6.56. The van der Waals surface area contributed by atoms with Crippen molar-refractivity contribution in [1.29, 1.82) is 0 Å². The number of benzene rings is 2. The molecule has 0 bridgehead atoms. The zero-order valence-electron chi connectivity index (χ0n) is 11.5. The minimum absolute atomic E-state index is 0.0257. The molecule has 0 radical (unpaired) electrons. The van der Waals surface area contributed by atoms with Gasteiger partial charge < -0.3 is 10.1 Å². The number of allylic oxidation sites excluding steroid dienone is 1. The van der Waals surface area contributed by atoms with Gasteiger partial charge in [-0.3, -0.25) is 4.79 Å². The number of para-hydroxylation sites is 1. The number of carbonyl (C=O) groups is 1. The van der Waals surface area contributed by atoms with E-state index in [0.29, 0.717) is 5.75 Å². The summed E-state index contributed by atoms with van der Waals surface area (Å²) in [5.41, 5.74) is 1.89. The highest BCUT2D eigenvalue weighted by Crippen LogP contribution is 2.21. The summed E-state index contributed by atoms with van der Waals surface area (Å²) >= 11 is 3.38. The average Bonchev–Trinajstić information content (AvgIpc) is 2.49. The van der Waals surface area contributed by atoms with Crippen molar-refractivity contribution in [3.63, 3.8) is 0 Å². The fourth-order valence-corrected chi connectivity index (χ4v) is 2.17. The van der Waals surface area contributed by atoms with E-state index < -0.39 is 0 Å². The molecule has 0 saturated carbocycles. The lowest BCUT2D eigenvalue weighted by Gasteiger charge is -2.09. The number of halogens is 1. The van der Waals surface area contributed by atoms with Gasteiger partial charge in [-0.2, -0.15) is 0 Å². The van der Waals surface area contributed by atoms with Crippen molar-refractivity contribution in [3.8, 4) is 5.75 Å². The number of amides is 1. The number of carbonyl (C=O) groups excluding carboxylic acids is 1. The normalized spacial score (nSPS) is 9.95. The fourth-order valence-electron chi connectivity index (χ4n) is 1.79. The molecule has 0 aliphatic heterocycles. The van der Waals surface area contributed by atoms with Gasteiger partial charge in [-0.25, -0.2) is 0 Å². The molecule has 0 aliphatic rings. The number of nitrogens with one attached hydrogen (secondary N) is 1.